The first-order valence-corrected chi connectivity index (χ1v) is 5.04. The van der Waals surface area contributed by atoms with Crippen molar-refractivity contribution in [2.45, 2.75) is 19.4 Å². The Morgan fingerprint density at radius 3 is 3.06 bits per heavy atom. The van der Waals surface area contributed by atoms with Crippen molar-refractivity contribution >= 4 is 5.91 Å². The first kappa shape index (κ1) is 12.6. The maximum absolute atomic E-state index is 13.2. The molecule has 88 valence electrons. The molecule has 0 radical (unpaired) electrons. The molecule has 0 aromatic carbocycles. The number of carbonyl (C=O) groups is 1. The molecule has 0 aliphatic rings. The van der Waals surface area contributed by atoms with Gasteiger partial charge in [-0.1, -0.05) is 0 Å². The van der Waals surface area contributed by atoms with Gasteiger partial charge in [0.15, 0.2) is 5.82 Å². The van der Waals surface area contributed by atoms with Crippen LogP contribution in [-0.4, -0.2) is 30.6 Å². The van der Waals surface area contributed by atoms with Crippen molar-refractivity contribution in [3.8, 4) is 0 Å². The summed E-state index contributed by atoms with van der Waals surface area (Å²) in [6.45, 7) is 2.40. The second-order valence-corrected chi connectivity index (χ2v) is 3.51. The van der Waals surface area contributed by atoms with Gasteiger partial charge in [0.2, 0.25) is 0 Å². The van der Waals surface area contributed by atoms with E-state index in [1.807, 2.05) is 6.92 Å². The summed E-state index contributed by atoms with van der Waals surface area (Å²) in [6, 6.07) is 1.30. The summed E-state index contributed by atoms with van der Waals surface area (Å²) in [5.41, 5.74) is 0.0132. The smallest absolute Gasteiger partial charge is 0.254 e. The van der Waals surface area contributed by atoms with Crippen LogP contribution in [0.3, 0.4) is 0 Å². The molecule has 1 amide bonds. The summed E-state index contributed by atoms with van der Waals surface area (Å²) in [7, 11) is 1.59. The highest BCUT2D eigenvalue weighted by Gasteiger charge is 2.13. The third kappa shape index (κ3) is 3.58. The van der Waals surface area contributed by atoms with Gasteiger partial charge in [0, 0.05) is 26.0 Å². The first-order valence-electron chi connectivity index (χ1n) is 5.04. The Bertz CT molecular complexity index is 358. The number of amides is 1. The minimum atomic E-state index is -0.612. The average molecular weight is 226 g/mol. The molecule has 0 spiro atoms. The minimum Gasteiger partial charge on any atom is -0.385 e. The van der Waals surface area contributed by atoms with E-state index in [2.05, 4.69) is 10.3 Å². The number of rotatable bonds is 5. The van der Waals surface area contributed by atoms with E-state index in [9.17, 15) is 9.18 Å². The fraction of sp³-hybridized carbons (Fsp3) is 0.455. The molecule has 0 fully saturated rings. The van der Waals surface area contributed by atoms with Crippen LogP contribution >= 0.6 is 0 Å². The van der Waals surface area contributed by atoms with Crippen LogP contribution in [0.25, 0.3) is 0 Å². The highest BCUT2D eigenvalue weighted by Crippen LogP contribution is 2.04. The van der Waals surface area contributed by atoms with Crippen LogP contribution in [0, 0.1) is 5.82 Å². The van der Waals surface area contributed by atoms with Crippen molar-refractivity contribution in [2.24, 2.45) is 0 Å². The molecule has 1 atom stereocenters. The lowest BCUT2D eigenvalue weighted by molar-refractivity contribution is 0.0925. The van der Waals surface area contributed by atoms with Gasteiger partial charge in [-0.05, 0) is 19.4 Å². The summed E-state index contributed by atoms with van der Waals surface area (Å²) in [5.74, 6) is -1.04. The molecule has 5 heteroatoms. The number of hydrogen-bond donors (Lipinski definition) is 1. The second-order valence-electron chi connectivity index (χ2n) is 3.51. The summed E-state index contributed by atoms with van der Waals surface area (Å²) in [5, 5.41) is 2.69. The predicted octanol–water partition coefficient (Wildman–Crippen LogP) is 1.38. The van der Waals surface area contributed by atoms with Crippen molar-refractivity contribution < 1.29 is 13.9 Å². The fourth-order valence-electron chi connectivity index (χ4n) is 1.23. The highest BCUT2D eigenvalue weighted by molar-refractivity contribution is 5.94. The summed E-state index contributed by atoms with van der Waals surface area (Å²) in [4.78, 5) is 15.2. The van der Waals surface area contributed by atoms with Gasteiger partial charge in [-0.3, -0.25) is 9.78 Å². The molecule has 1 aromatic heterocycles. The Morgan fingerprint density at radius 1 is 1.69 bits per heavy atom. The molecule has 1 rings (SSSR count). The van der Waals surface area contributed by atoms with Crippen LogP contribution in [0.4, 0.5) is 4.39 Å². The van der Waals surface area contributed by atoms with Gasteiger partial charge in [-0.15, -0.1) is 0 Å². The van der Waals surface area contributed by atoms with Crippen molar-refractivity contribution in [3.63, 3.8) is 0 Å². The molecule has 0 bridgehead atoms. The van der Waals surface area contributed by atoms with Crippen LogP contribution in [0.1, 0.15) is 23.7 Å². The average Bonchev–Trinajstić information content (AvgIpc) is 2.26. The molecule has 1 heterocycles. The third-order valence-corrected chi connectivity index (χ3v) is 2.15. The number of aromatic nitrogens is 1. The number of methoxy groups -OCH3 is 1. The topological polar surface area (TPSA) is 51.2 Å². The highest BCUT2D eigenvalue weighted by atomic mass is 19.1. The van der Waals surface area contributed by atoms with Gasteiger partial charge in [0.05, 0.1) is 11.8 Å². The Kier molecular flexibility index (Phi) is 4.85. The lowest BCUT2D eigenvalue weighted by Crippen LogP contribution is -2.33. The third-order valence-electron chi connectivity index (χ3n) is 2.15. The summed E-state index contributed by atoms with van der Waals surface area (Å²) >= 11 is 0. The largest absolute Gasteiger partial charge is 0.385 e. The summed E-state index contributed by atoms with van der Waals surface area (Å²) < 4.78 is 18.1. The molecule has 0 saturated heterocycles. The molecule has 4 nitrogen and oxygen atoms in total. The van der Waals surface area contributed by atoms with Crippen LogP contribution in [0.5, 0.6) is 0 Å². The fourth-order valence-corrected chi connectivity index (χ4v) is 1.23. The molecule has 1 aromatic rings. The molecule has 1 N–H and O–H groups in total. The maximum atomic E-state index is 13.2. The molecule has 0 aliphatic heterocycles. The van der Waals surface area contributed by atoms with Gasteiger partial charge in [0.1, 0.15) is 0 Å². The van der Waals surface area contributed by atoms with E-state index in [0.29, 0.717) is 13.0 Å². The van der Waals surface area contributed by atoms with Crippen molar-refractivity contribution in [3.05, 3.63) is 29.8 Å². The van der Waals surface area contributed by atoms with Crippen molar-refractivity contribution in [2.75, 3.05) is 13.7 Å². The Morgan fingerprint density at radius 2 is 2.44 bits per heavy atom. The first-order chi connectivity index (χ1) is 7.65. The molecule has 1 unspecified atom stereocenters. The van der Waals surface area contributed by atoms with E-state index in [1.54, 1.807) is 7.11 Å². The van der Waals surface area contributed by atoms with E-state index >= 15 is 0 Å². The van der Waals surface area contributed by atoms with E-state index in [1.165, 1.54) is 12.3 Å². The number of halogens is 1. The van der Waals surface area contributed by atoms with E-state index in [4.69, 9.17) is 4.74 Å². The lowest BCUT2D eigenvalue weighted by Gasteiger charge is -2.13. The number of hydrogen-bond acceptors (Lipinski definition) is 3. The minimum absolute atomic E-state index is 0.0132. The van der Waals surface area contributed by atoms with Crippen molar-refractivity contribution in [1.82, 2.24) is 10.3 Å². The molecule has 16 heavy (non-hydrogen) atoms. The van der Waals surface area contributed by atoms with Crippen LogP contribution < -0.4 is 5.32 Å². The quantitative estimate of drug-likeness (QED) is 0.825. The van der Waals surface area contributed by atoms with Crippen LogP contribution in [0.2, 0.25) is 0 Å². The monoisotopic (exact) mass is 226 g/mol. The van der Waals surface area contributed by atoms with E-state index in [-0.39, 0.29) is 11.6 Å². The zero-order valence-electron chi connectivity index (χ0n) is 9.37. The standard InChI is InChI=1S/C11H15FN2O2/c1-8(4-6-16-2)14-11(15)9-3-5-13-7-10(9)12/h3,5,7-8H,4,6H2,1-2H3,(H,14,15). The molecule has 0 saturated carbocycles. The van der Waals surface area contributed by atoms with Gasteiger partial charge in [-0.25, -0.2) is 4.39 Å². The van der Waals surface area contributed by atoms with Gasteiger partial charge in [-0.2, -0.15) is 0 Å². The number of ether oxygens (including phenoxy) is 1. The zero-order chi connectivity index (χ0) is 12.0. The second kappa shape index (κ2) is 6.17. The van der Waals surface area contributed by atoms with Crippen molar-refractivity contribution in [1.29, 1.82) is 0 Å². The predicted molar refractivity (Wildman–Crippen MR) is 57.6 cm³/mol. The Balaban J connectivity index is 2.56. The zero-order valence-corrected chi connectivity index (χ0v) is 9.37. The number of carbonyl (C=O) groups excluding carboxylic acids is 1. The van der Waals surface area contributed by atoms with E-state index < -0.39 is 11.7 Å². The van der Waals surface area contributed by atoms with E-state index in [0.717, 1.165) is 6.20 Å². The molecule has 0 aliphatic carbocycles. The normalized spacial score (nSPS) is 12.2. The maximum Gasteiger partial charge on any atom is 0.254 e. The molecular weight excluding hydrogens is 211 g/mol. The number of nitrogens with one attached hydrogen (secondary N) is 1. The lowest BCUT2D eigenvalue weighted by atomic mass is 10.2. The van der Waals surface area contributed by atoms with Gasteiger partial charge in [0.25, 0.3) is 5.91 Å². The number of nitrogens with zero attached hydrogens (tertiary/aromatic N) is 1. The van der Waals surface area contributed by atoms with Gasteiger partial charge >= 0.3 is 0 Å². The SMILES string of the molecule is COCCC(C)NC(=O)c1ccncc1F. The Labute approximate surface area is 93.8 Å². The van der Waals surface area contributed by atoms with Gasteiger partial charge < -0.3 is 10.1 Å². The van der Waals surface area contributed by atoms with Crippen LogP contribution in [0.15, 0.2) is 18.5 Å². The number of pyridine rings is 1. The van der Waals surface area contributed by atoms with Crippen LogP contribution in [-0.2, 0) is 4.74 Å². The summed E-state index contributed by atoms with van der Waals surface area (Å²) in [6.07, 6.45) is 3.10. The Hall–Kier alpha value is -1.49. The molecular formula is C11H15FN2O2.